The zero-order chi connectivity index (χ0) is 11.5. The Morgan fingerprint density at radius 2 is 2.24 bits per heavy atom. The molecule has 4 heteroatoms. The van der Waals surface area contributed by atoms with Crippen LogP contribution in [0.2, 0.25) is 0 Å². The maximum atomic E-state index is 13.6. The summed E-state index contributed by atoms with van der Waals surface area (Å²) < 4.78 is 13.6. The first-order valence-electron chi connectivity index (χ1n) is 5.86. The average Bonchev–Trinajstić information content (AvgIpc) is 2.24. The summed E-state index contributed by atoms with van der Waals surface area (Å²) in [5.74, 6) is -0.0863. The number of rotatable bonds is 2. The quantitative estimate of drug-likeness (QED) is 0.876. The standard InChI is InChI=1S/C13H19FN2.ClH/c1-10-3-4-13(14)12(7-10)9-16-6-5-15-11(2)8-16;/h3-4,7,11,15H,5-6,8-9H2,1-2H3;1H/t11-;/m0./s1. The number of hydrogen-bond donors (Lipinski definition) is 1. The second kappa shape index (κ2) is 6.34. The highest BCUT2D eigenvalue weighted by atomic mass is 35.5. The van der Waals surface area contributed by atoms with E-state index in [0.717, 1.165) is 37.3 Å². The normalized spacial score (nSPS) is 21.0. The van der Waals surface area contributed by atoms with Crippen molar-refractivity contribution >= 4 is 12.4 Å². The molecule has 2 nitrogen and oxygen atoms in total. The lowest BCUT2D eigenvalue weighted by Gasteiger charge is -2.31. The van der Waals surface area contributed by atoms with Gasteiger partial charge in [-0.05, 0) is 19.9 Å². The molecule has 2 rings (SSSR count). The van der Waals surface area contributed by atoms with Crippen molar-refractivity contribution in [3.63, 3.8) is 0 Å². The maximum absolute atomic E-state index is 13.6. The molecule has 96 valence electrons. The third kappa shape index (κ3) is 3.95. The molecule has 0 amide bonds. The molecule has 0 unspecified atom stereocenters. The van der Waals surface area contributed by atoms with Crippen LogP contribution in [0.4, 0.5) is 4.39 Å². The first kappa shape index (κ1) is 14.4. The van der Waals surface area contributed by atoms with Crippen molar-refractivity contribution in [2.24, 2.45) is 0 Å². The lowest BCUT2D eigenvalue weighted by Crippen LogP contribution is -2.48. The number of nitrogens with one attached hydrogen (secondary N) is 1. The minimum atomic E-state index is -0.0863. The molecule has 0 saturated carbocycles. The Labute approximate surface area is 109 Å². The largest absolute Gasteiger partial charge is 0.312 e. The molecule has 1 N–H and O–H groups in total. The van der Waals surface area contributed by atoms with E-state index < -0.39 is 0 Å². The molecular formula is C13H20ClFN2. The van der Waals surface area contributed by atoms with Crippen LogP contribution >= 0.6 is 12.4 Å². The monoisotopic (exact) mass is 258 g/mol. The van der Waals surface area contributed by atoms with Gasteiger partial charge in [0.15, 0.2) is 0 Å². The van der Waals surface area contributed by atoms with Gasteiger partial charge in [-0.2, -0.15) is 0 Å². The van der Waals surface area contributed by atoms with Crippen LogP contribution in [0, 0.1) is 12.7 Å². The highest BCUT2D eigenvalue weighted by molar-refractivity contribution is 5.85. The highest BCUT2D eigenvalue weighted by Crippen LogP contribution is 2.13. The second-order valence-corrected chi connectivity index (χ2v) is 4.69. The molecule has 0 aromatic heterocycles. The number of aryl methyl sites for hydroxylation is 1. The first-order chi connectivity index (χ1) is 7.65. The molecule has 17 heavy (non-hydrogen) atoms. The van der Waals surface area contributed by atoms with Gasteiger partial charge in [-0.3, -0.25) is 4.90 Å². The van der Waals surface area contributed by atoms with E-state index in [1.165, 1.54) is 0 Å². The maximum Gasteiger partial charge on any atom is 0.127 e. The molecule has 1 fully saturated rings. The Hall–Kier alpha value is -0.640. The van der Waals surface area contributed by atoms with Crippen molar-refractivity contribution in [1.82, 2.24) is 10.2 Å². The second-order valence-electron chi connectivity index (χ2n) is 4.69. The minimum Gasteiger partial charge on any atom is -0.312 e. The summed E-state index contributed by atoms with van der Waals surface area (Å²) in [4.78, 5) is 2.30. The Balaban J connectivity index is 0.00000144. The number of nitrogens with zero attached hydrogens (tertiary/aromatic N) is 1. The number of benzene rings is 1. The van der Waals surface area contributed by atoms with E-state index in [2.05, 4.69) is 17.1 Å². The Bertz CT molecular complexity index is 370. The SMILES string of the molecule is Cc1ccc(F)c(CN2CCN[C@@H](C)C2)c1.Cl. The summed E-state index contributed by atoms with van der Waals surface area (Å²) in [7, 11) is 0. The molecule has 1 saturated heterocycles. The van der Waals surface area contributed by atoms with Crippen LogP contribution in [0.15, 0.2) is 18.2 Å². The van der Waals surface area contributed by atoms with Crippen LogP contribution in [0.5, 0.6) is 0 Å². The smallest absolute Gasteiger partial charge is 0.127 e. The molecular weight excluding hydrogens is 239 g/mol. The van der Waals surface area contributed by atoms with E-state index in [4.69, 9.17) is 0 Å². The van der Waals surface area contributed by atoms with Crippen LogP contribution in [0.1, 0.15) is 18.1 Å². The van der Waals surface area contributed by atoms with Gasteiger partial charge in [-0.25, -0.2) is 4.39 Å². The van der Waals surface area contributed by atoms with Gasteiger partial charge in [0.1, 0.15) is 5.82 Å². The minimum absolute atomic E-state index is 0. The van der Waals surface area contributed by atoms with Crippen LogP contribution in [-0.2, 0) is 6.54 Å². The topological polar surface area (TPSA) is 15.3 Å². The summed E-state index contributed by atoms with van der Waals surface area (Å²) in [6.07, 6.45) is 0. The molecule has 1 heterocycles. The van der Waals surface area contributed by atoms with E-state index in [0.29, 0.717) is 6.04 Å². The Kier molecular flexibility index (Phi) is 5.37. The van der Waals surface area contributed by atoms with Crippen LogP contribution in [-0.4, -0.2) is 30.6 Å². The van der Waals surface area contributed by atoms with Crippen molar-refractivity contribution in [3.05, 3.63) is 35.1 Å². The van der Waals surface area contributed by atoms with Crippen LogP contribution in [0.3, 0.4) is 0 Å². The molecule has 1 aliphatic heterocycles. The van der Waals surface area contributed by atoms with Gasteiger partial charge in [0.2, 0.25) is 0 Å². The zero-order valence-electron chi connectivity index (χ0n) is 10.4. The van der Waals surface area contributed by atoms with E-state index in [9.17, 15) is 4.39 Å². The fourth-order valence-corrected chi connectivity index (χ4v) is 2.22. The highest BCUT2D eigenvalue weighted by Gasteiger charge is 2.16. The molecule has 0 radical (unpaired) electrons. The molecule has 1 atom stereocenters. The van der Waals surface area contributed by atoms with Crippen molar-refractivity contribution in [2.45, 2.75) is 26.4 Å². The van der Waals surface area contributed by atoms with Gasteiger partial charge in [0.05, 0.1) is 0 Å². The fraction of sp³-hybridized carbons (Fsp3) is 0.538. The van der Waals surface area contributed by atoms with Crippen LogP contribution < -0.4 is 5.32 Å². The van der Waals surface area contributed by atoms with Crippen LogP contribution in [0.25, 0.3) is 0 Å². The molecule has 0 spiro atoms. The van der Waals surface area contributed by atoms with Crippen molar-refractivity contribution in [3.8, 4) is 0 Å². The van der Waals surface area contributed by atoms with Gasteiger partial charge < -0.3 is 5.32 Å². The predicted octanol–water partition coefficient (Wildman–Crippen LogP) is 2.35. The molecule has 1 aromatic carbocycles. The summed E-state index contributed by atoms with van der Waals surface area (Å²) in [5.41, 5.74) is 1.94. The van der Waals surface area contributed by atoms with Gasteiger partial charge in [0, 0.05) is 37.8 Å². The molecule has 1 aromatic rings. The molecule has 0 bridgehead atoms. The van der Waals surface area contributed by atoms with Gasteiger partial charge >= 0.3 is 0 Å². The summed E-state index contributed by atoms with van der Waals surface area (Å²) in [6, 6.07) is 5.83. The Morgan fingerprint density at radius 3 is 2.94 bits per heavy atom. The summed E-state index contributed by atoms with van der Waals surface area (Å²) in [6.45, 7) is 7.88. The van der Waals surface area contributed by atoms with E-state index in [1.54, 1.807) is 6.07 Å². The first-order valence-corrected chi connectivity index (χ1v) is 5.86. The van der Waals surface area contributed by atoms with Gasteiger partial charge in [-0.15, -0.1) is 12.4 Å². The van der Waals surface area contributed by atoms with Crippen molar-refractivity contribution in [1.29, 1.82) is 0 Å². The lowest BCUT2D eigenvalue weighted by molar-refractivity contribution is 0.197. The number of piperazine rings is 1. The van der Waals surface area contributed by atoms with Gasteiger partial charge in [0.25, 0.3) is 0 Å². The van der Waals surface area contributed by atoms with Crippen molar-refractivity contribution < 1.29 is 4.39 Å². The predicted molar refractivity (Wildman–Crippen MR) is 71.1 cm³/mol. The third-order valence-electron chi connectivity index (χ3n) is 3.05. The third-order valence-corrected chi connectivity index (χ3v) is 3.05. The van der Waals surface area contributed by atoms with Crippen molar-refractivity contribution in [2.75, 3.05) is 19.6 Å². The number of hydrogen-bond acceptors (Lipinski definition) is 2. The van der Waals surface area contributed by atoms with E-state index >= 15 is 0 Å². The summed E-state index contributed by atoms with van der Waals surface area (Å²) >= 11 is 0. The molecule has 1 aliphatic rings. The van der Waals surface area contributed by atoms with Gasteiger partial charge in [-0.1, -0.05) is 17.7 Å². The van der Waals surface area contributed by atoms with E-state index in [1.807, 2.05) is 19.1 Å². The number of halogens is 2. The lowest BCUT2D eigenvalue weighted by atomic mass is 10.1. The average molecular weight is 259 g/mol. The Morgan fingerprint density at radius 1 is 1.47 bits per heavy atom. The molecule has 0 aliphatic carbocycles. The zero-order valence-corrected chi connectivity index (χ0v) is 11.2. The van der Waals surface area contributed by atoms with E-state index in [-0.39, 0.29) is 18.2 Å². The summed E-state index contributed by atoms with van der Waals surface area (Å²) in [5, 5.41) is 3.39. The fourth-order valence-electron chi connectivity index (χ4n) is 2.22.